The Bertz CT molecular complexity index is 798. The van der Waals surface area contributed by atoms with Gasteiger partial charge in [-0.2, -0.15) is 0 Å². The zero-order chi connectivity index (χ0) is 17.2. The Balaban J connectivity index is 1.71. The summed E-state index contributed by atoms with van der Waals surface area (Å²) in [5, 5.41) is 0. The molecule has 4 aliphatic carbocycles. The molecular formula is C25H29+. The fourth-order valence-corrected chi connectivity index (χ4v) is 4.32. The normalized spacial score (nSPS) is 14.0. The molecule has 25 heavy (non-hydrogen) atoms. The Morgan fingerprint density at radius 2 is 1.40 bits per heavy atom. The van der Waals surface area contributed by atoms with E-state index in [4.69, 9.17) is 0 Å². The van der Waals surface area contributed by atoms with Crippen LogP contribution in [0.25, 0.3) is 11.1 Å². The third-order valence-electron chi connectivity index (χ3n) is 5.76. The van der Waals surface area contributed by atoms with E-state index in [1.807, 2.05) is 0 Å². The average Bonchev–Trinajstić information content (AvgIpc) is 3.30. The zero-order valence-corrected chi connectivity index (χ0v) is 15.7. The molecule has 0 heterocycles. The van der Waals surface area contributed by atoms with Crippen LogP contribution in [0.3, 0.4) is 0 Å². The molecule has 0 radical (unpaired) electrons. The predicted molar refractivity (Wildman–Crippen MR) is 108 cm³/mol. The molecule has 128 valence electrons. The van der Waals surface area contributed by atoms with Crippen molar-refractivity contribution in [2.45, 2.75) is 65.2 Å². The van der Waals surface area contributed by atoms with Gasteiger partial charge in [-0.3, -0.25) is 0 Å². The lowest BCUT2D eigenvalue weighted by Gasteiger charge is -2.10. The maximum atomic E-state index is 2.51. The fraction of sp³-hybridized carbons (Fsp3) is 0.400. The van der Waals surface area contributed by atoms with Gasteiger partial charge in [-0.05, 0) is 61.3 Å². The second-order valence-electron chi connectivity index (χ2n) is 7.64. The Hall–Kier alpha value is -1.95. The topological polar surface area (TPSA) is 0 Å². The molecule has 0 N–H and O–H groups in total. The van der Waals surface area contributed by atoms with Gasteiger partial charge in [0.15, 0.2) is 5.56 Å². The first-order chi connectivity index (χ1) is 12.3. The third kappa shape index (κ3) is 3.40. The van der Waals surface area contributed by atoms with Crippen LogP contribution in [0, 0.1) is 0 Å². The summed E-state index contributed by atoms with van der Waals surface area (Å²) in [6.07, 6.45) is 9.62. The Morgan fingerprint density at radius 3 is 2.08 bits per heavy atom. The predicted octanol–water partition coefficient (Wildman–Crippen LogP) is 6.30. The van der Waals surface area contributed by atoms with E-state index in [9.17, 15) is 0 Å². The molecule has 0 nitrogen and oxygen atoms in total. The zero-order valence-electron chi connectivity index (χ0n) is 15.7. The summed E-state index contributed by atoms with van der Waals surface area (Å²) < 4.78 is 0. The molecule has 0 aliphatic heterocycles. The first-order valence-corrected chi connectivity index (χ1v) is 10.1. The van der Waals surface area contributed by atoms with Gasteiger partial charge in [-0.1, -0.05) is 44.2 Å². The van der Waals surface area contributed by atoms with Gasteiger partial charge in [0.05, 0.1) is 0 Å². The van der Waals surface area contributed by atoms with Crippen LogP contribution < -0.4 is 0 Å². The fourth-order valence-electron chi connectivity index (χ4n) is 4.32. The Labute approximate surface area is 152 Å². The van der Waals surface area contributed by atoms with Crippen molar-refractivity contribution in [2.75, 3.05) is 0 Å². The summed E-state index contributed by atoms with van der Waals surface area (Å²) in [5.74, 6) is 0. The highest BCUT2D eigenvalue weighted by Gasteiger charge is 2.38. The van der Waals surface area contributed by atoms with Crippen molar-refractivity contribution in [1.29, 1.82) is 0 Å². The lowest BCUT2D eigenvalue weighted by atomic mass is 9.92. The van der Waals surface area contributed by atoms with E-state index >= 15 is 0 Å². The molecule has 0 unspecified atom stereocenters. The van der Waals surface area contributed by atoms with E-state index in [0.717, 1.165) is 25.7 Å². The largest absolute Gasteiger partial charge is 0.187 e. The van der Waals surface area contributed by atoms with E-state index in [1.165, 1.54) is 42.4 Å². The van der Waals surface area contributed by atoms with Crippen LogP contribution in [0.4, 0.5) is 0 Å². The first kappa shape index (κ1) is 16.5. The van der Waals surface area contributed by atoms with Crippen molar-refractivity contribution in [2.24, 2.45) is 0 Å². The minimum atomic E-state index is 1.14. The maximum Gasteiger partial charge on any atom is 0.187 e. The van der Waals surface area contributed by atoms with Crippen LogP contribution in [0.15, 0.2) is 42.5 Å². The van der Waals surface area contributed by atoms with E-state index in [1.54, 1.807) is 27.8 Å². The van der Waals surface area contributed by atoms with E-state index < -0.39 is 0 Å². The van der Waals surface area contributed by atoms with Crippen LogP contribution in [0.2, 0.25) is 0 Å². The van der Waals surface area contributed by atoms with Gasteiger partial charge >= 0.3 is 0 Å². The quantitative estimate of drug-likeness (QED) is 0.482. The maximum absolute atomic E-state index is 2.51. The molecule has 0 fully saturated rings. The monoisotopic (exact) mass is 329 g/mol. The van der Waals surface area contributed by atoms with Crippen molar-refractivity contribution in [3.05, 3.63) is 75.8 Å². The highest BCUT2D eigenvalue weighted by molar-refractivity contribution is 5.85. The molecule has 4 aliphatic rings. The van der Waals surface area contributed by atoms with E-state index in [-0.39, 0.29) is 0 Å². The number of hydrogen-bond acceptors (Lipinski definition) is 0. The molecule has 0 saturated carbocycles. The van der Waals surface area contributed by atoms with Crippen molar-refractivity contribution < 1.29 is 0 Å². The lowest BCUT2D eigenvalue weighted by Crippen LogP contribution is -1.99. The minimum Gasteiger partial charge on any atom is -0.0642 e. The van der Waals surface area contributed by atoms with Gasteiger partial charge < -0.3 is 0 Å². The molecule has 0 heteroatoms. The first-order valence-electron chi connectivity index (χ1n) is 10.1. The molecule has 0 spiro atoms. The van der Waals surface area contributed by atoms with Gasteiger partial charge in [0.1, 0.15) is 16.7 Å². The molecular weight excluding hydrogens is 300 g/mol. The van der Waals surface area contributed by atoms with Crippen LogP contribution in [0.1, 0.15) is 60.1 Å². The Morgan fingerprint density at radius 1 is 0.760 bits per heavy atom. The molecule has 3 aromatic rings. The summed E-state index contributed by atoms with van der Waals surface area (Å²) in [4.78, 5) is 0. The van der Waals surface area contributed by atoms with Crippen molar-refractivity contribution in [3.8, 4) is 11.1 Å². The molecule has 0 amide bonds. The standard InChI is InChI=1S/C25H29/c1-3-5-22-23(6-4-2)25(22)24-17-20-12-11-18-7-9-19(10-8-18)13-15-21(24)16-14-20/h7-10,14,16-17H,3-6,11-13,15H2,1-2H3/q+1. The molecule has 3 aromatic carbocycles. The van der Waals surface area contributed by atoms with Gasteiger partial charge in [0.25, 0.3) is 0 Å². The van der Waals surface area contributed by atoms with Gasteiger partial charge in [-0.25, -0.2) is 0 Å². The van der Waals surface area contributed by atoms with Crippen LogP contribution in [-0.2, 0) is 38.5 Å². The van der Waals surface area contributed by atoms with Gasteiger partial charge in [-0.15, -0.1) is 0 Å². The number of benzene rings is 2. The average molecular weight is 330 g/mol. The Kier molecular flexibility index (Phi) is 4.70. The number of hydrogen-bond donors (Lipinski definition) is 0. The van der Waals surface area contributed by atoms with Gasteiger partial charge in [0, 0.05) is 24.5 Å². The number of rotatable bonds is 5. The van der Waals surface area contributed by atoms with Crippen molar-refractivity contribution in [3.63, 3.8) is 0 Å². The highest BCUT2D eigenvalue weighted by atomic mass is 14.3. The number of aryl methyl sites for hydroxylation is 4. The third-order valence-corrected chi connectivity index (χ3v) is 5.76. The summed E-state index contributed by atoms with van der Waals surface area (Å²) in [5.41, 5.74) is 12.5. The summed E-state index contributed by atoms with van der Waals surface area (Å²) in [7, 11) is 0. The lowest BCUT2D eigenvalue weighted by molar-refractivity contribution is 0.904. The van der Waals surface area contributed by atoms with Crippen LogP contribution in [0.5, 0.6) is 0 Å². The smallest absolute Gasteiger partial charge is 0.0642 e. The molecule has 0 atom stereocenters. The molecule has 0 aromatic heterocycles. The minimum absolute atomic E-state index is 1.14. The van der Waals surface area contributed by atoms with Crippen molar-refractivity contribution >= 4 is 0 Å². The molecule has 0 saturated heterocycles. The van der Waals surface area contributed by atoms with E-state index in [0.29, 0.717) is 0 Å². The summed E-state index contributed by atoms with van der Waals surface area (Å²) in [6.45, 7) is 4.61. The van der Waals surface area contributed by atoms with Gasteiger partial charge in [0.2, 0.25) is 0 Å². The van der Waals surface area contributed by atoms with Crippen molar-refractivity contribution in [1.82, 2.24) is 0 Å². The highest BCUT2D eigenvalue weighted by Crippen LogP contribution is 2.44. The van der Waals surface area contributed by atoms with Crippen LogP contribution in [-0.4, -0.2) is 0 Å². The summed E-state index contributed by atoms with van der Waals surface area (Å²) in [6, 6.07) is 16.6. The second kappa shape index (κ2) is 7.12. The van der Waals surface area contributed by atoms with E-state index in [2.05, 4.69) is 56.3 Å². The SMILES string of the molecule is CCCc1c(-c2cc3ccc2CCc2ccc(cc2)CC3)[c+]1CCC. The summed E-state index contributed by atoms with van der Waals surface area (Å²) >= 11 is 0. The molecule has 7 rings (SSSR count). The van der Waals surface area contributed by atoms with Crippen LogP contribution >= 0.6 is 0 Å². The second-order valence-corrected chi connectivity index (χ2v) is 7.64. The molecule has 4 bridgehead atoms.